The van der Waals surface area contributed by atoms with Gasteiger partial charge in [0.25, 0.3) is 5.91 Å². The standard InChI is InChI=1S/C10H13ClN2O2/c1-2-8(14)6-13-10(15)7-3-4-12-9(11)5-7/h3-5,8,14H,2,6H2,1H3,(H,13,15). The third kappa shape index (κ3) is 3.85. The molecule has 82 valence electrons. The molecule has 5 heteroatoms. The second kappa shape index (κ2) is 5.68. The van der Waals surface area contributed by atoms with Crippen molar-refractivity contribution in [2.45, 2.75) is 19.4 Å². The van der Waals surface area contributed by atoms with E-state index in [1.807, 2.05) is 6.92 Å². The molecule has 0 spiro atoms. The number of halogens is 1. The van der Waals surface area contributed by atoms with Gasteiger partial charge in [-0.1, -0.05) is 18.5 Å². The molecule has 1 aromatic rings. The number of amides is 1. The Kier molecular flexibility index (Phi) is 4.52. The first kappa shape index (κ1) is 11.9. The van der Waals surface area contributed by atoms with Crippen LogP contribution in [-0.2, 0) is 0 Å². The smallest absolute Gasteiger partial charge is 0.251 e. The van der Waals surface area contributed by atoms with Crippen molar-refractivity contribution in [3.8, 4) is 0 Å². The minimum Gasteiger partial charge on any atom is -0.391 e. The maximum Gasteiger partial charge on any atom is 0.251 e. The molecule has 0 aromatic carbocycles. The maximum atomic E-state index is 11.5. The molecule has 1 amide bonds. The van der Waals surface area contributed by atoms with Crippen molar-refractivity contribution in [2.24, 2.45) is 0 Å². The van der Waals surface area contributed by atoms with Gasteiger partial charge in [0.05, 0.1) is 6.10 Å². The molecule has 0 bridgehead atoms. The molecular weight excluding hydrogens is 216 g/mol. The third-order valence-electron chi connectivity index (χ3n) is 1.96. The van der Waals surface area contributed by atoms with Gasteiger partial charge in [0.1, 0.15) is 5.15 Å². The topological polar surface area (TPSA) is 62.2 Å². The summed E-state index contributed by atoms with van der Waals surface area (Å²) in [5.41, 5.74) is 0.443. The van der Waals surface area contributed by atoms with Gasteiger partial charge in [0.15, 0.2) is 0 Å². The highest BCUT2D eigenvalue weighted by atomic mass is 35.5. The predicted octanol–water partition coefficient (Wildman–Crippen LogP) is 1.24. The number of carbonyl (C=O) groups excluding carboxylic acids is 1. The van der Waals surface area contributed by atoms with Crippen molar-refractivity contribution in [3.05, 3.63) is 29.0 Å². The van der Waals surface area contributed by atoms with Crippen LogP contribution in [0.1, 0.15) is 23.7 Å². The molecule has 1 heterocycles. The minimum atomic E-state index is -0.508. The number of aliphatic hydroxyl groups is 1. The molecule has 15 heavy (non-hydrogen) atoms. The second-order valence-corrected chi connectivity index (χ2v) is 3.53. The molecule has 1 aromatic heterocycles. The zero-order valence-corrected chi connectivity index (χ0v) is 9.16. The highest BCUT2D eigenvalue weighted by Gasteiger charge is 2.07. The predicted molar refractivity (Wildman–Crippen MR) is 57.9 cm³/mol. The fraction of sp³-hybridized carbons (Fsp3) is 0.400. The Morgan fingerprint density at radius 3 is 3.07 bits per heavy atom. The summed E-state index contributed by atoms with van der Waals surface area (Å²) in [6.07, 6.45) is 1.57. The van der Waals surface area contributed by atoms with E-state index >= 15 is 0 Å². The van der Waals surface area contributed by atoms with Gasteiger partial charge in [0, 0.05) is 18.3 Å². The maximum absolute atomic E-state index is 11.5. The number of rotatable bonds is 4. The Balaban J connectivity index is 2.54. The SMILES string of the molecule is CCC(O)CNC(=O)c1ccnc(Cl)c1. The van der Waals surface area contributed by atoms with Crippen molar-refractivity contribution in [1.29, 1.82) is 0 Å². The highest BCUT2D eigenvalue weighted by Crippen LogP contribution is 2.06. The van der Waals surface area contributed by atoms with Crippen LogP contribution in [-0.4, -0.2) is 28.6 Å². The number of hydrogen-bond donors (Lipinski definition) is 2. The molecule has 0 radical (unpaired) electrons. The third-order valence-corrected chi connectivity index (χ3v) is 2.16. The first-order chi connectivity index (χ1) is 7.13. The molecule has 2 N–H and O–H groups in total. The molecule has 1 unspecified atom stereocenters. The zero-order valence-electron chi connectivity index (χ0n) is 8.40. The zero-order chi connectivity index (χ0) is 11.3. The molecule has 1 atom stereocenters. The van der Waals surface area contributed by atoms with Gasteiger partial charge in [0.2, 0.25) is 0 Å². The van der Waals surface area contributed by atoms with Crippen LogP contribution in [0.25, 0.3) is 0 Å². The lowest BCUT2D eigenvalue weighted by molar-refractivity contribution is 0.0914. The minimum absolute atomic E-state index is 0.245. The average Bonchev–Trinajstić information content (AvgIpc) is 2.25. The molecule has 0 saturated heterocycles. The Labute approximate surface area is 93.3 Å². The molecule has 0 aliphatic heterocycles. The number of nitrogens with zero attached hydrogens (tertiary/aromatic N) is 1. The molecule has 0 saturated carbocycles. The lowest BCUT2D eigenvalue weighted by Gasteiger charge is -2.09. The van der Waals surface area contributed by atoms with Crippen LogP contribution < -0.4 is 5.32 Å². The number of pyridine rings is 1. The van der Waals surface area contributed by atoms with Gasteiger partial charge in [-0.2, -0.15) is 0 Å². The van der Waals surface area contributed by atoms with Crippen molar-refractivity contribution in [3.63, 3.8) is 0 Å². The van der Waals surface area contributed by atoms with Crippen molar-refractivity contribution in [2.75, 3.05) is 6.54 Å². The monoisotopic (exact) mass is 228 g/mol. The van der Waals surface area contributed by atoms with Crippen LogP contribution in [0.15, 0.2) is 18.3 Å². The van der Waals surface area contributed by atoms with Crippen molar-refractivity contribution >= 4 is 17.5 Å². The summed E-state index contributed by atoms with van der Waals surface area (Å²) in [5, 5.41) is 12.1. The fourth-order valence-electron chi connectivity index (χ4n) is 1.00. The van der Waals surface area contributed by atoms with E-state index in [-0.39, 0.29) is 17.6 Å². The molecule has 4 nitrogen and oxygen atoms in total. The number of aromatic nitrogens is 1. The summed E-state index contributed by atoms with van der Waals surface area (Å²) in [4.78, 5) is 15.3. The van der Waals surface area contributed by atoms with Crippen LogP contribution in [0.2, 0.25) is 5.15 Å². The summed E-state index contributed by atoms with van der Waals surface area (Å²) in [7, 11) is 0. The largest absolute Gasteiger partial charge is 0.391 e. The second-order valence-electron chi connectivity index (χ2n) is 3.14. The molecule has 1 rings (SSSR count). The highest BCUT2D eigenvalue weighted by molar-refractivity contribution is 6.29. The van der Waals surface area contributed by atoms with Crippen LogP contribution >= 0.6 is 11.6 Å². The first-order valence-corrected chi connectivity index (χ1v) is 5.09. The van der Waals surface area contributed by atoms with E-state index in [2.05, 4.69) is 10.3 Å². The average molecular weight is 229 g/mol. The lowest BCUT2D eigenvalue weighted by Crippen LogP contribution is -2.31. The fourth-order valence-corrected chi connectivity index (χ4v) is 1.17. The summed E-state index contributed by atoms with van der Waals surface area (Å²) in [6, 6.07) is 3.05. The van der Waals surface area contributed by atoms with Gasteiger partial charge in [-0.3, -0.25) is 4.79 Å². The first-order valence-electron chi connectivity index (χ1n) is 4.71. The van der Waals surface area contributed by atoms with Gasteiger partial charge >= 0.3 is 0 Å². The van der Waals surface area contributed by atoms with E-state index < -0.39 is 6.10 Å². The van der Waals surface area contributed by atoms with E-state index in [0.29, 0.717) is 12.0 Å². The Morgan fingerprint density at radius 2 is 2.47 bits per heavy atom. The van der Waals surface area contributed by atoms with E-state index in [0.717, 1.165) is 0 Å². The van der Waals surface area contributed by atoms with Crippen molar-refractivity contribution < 1.29 is 9.90 Å². The molecule has 0 aliphatic carbocycles. The van der Waals surface area contributed by atoms with Gasteiger partial charge in [-0.15, -0.1) is 0 Å². The molecule has 0 aliphatic rings. The van der Waals surface area contributed by atoms with Crippen LogP contribution in [0, 0.1) is 0 Å². The number of hydrogen-bond acceptors (Lipinski definition) is 3. The van der Waals surface area contributed by atoms with E-state index in [9.17, 15) is 9.90 Å². The lowest BCUT2D eigenvalue weighted by atomic mass is 10.2. The Bertz CT molecular complexity index is 344. The number of carbonyl (C=O) groups is 1. The Morgan fingerprint density at radius 1 is 1.73 bits per heavy atom. The van der Waals surface area contributed by atoms with Crippen molar-refractivity contribution in [1.82, 2.24) is 10.3 Å². The van der Waals surface area contributed by atoms with Crippen LogP contribution in [0.3, 0.4) is 0 Å². The van der Waals surface area contributed by atoms with E-state index in [1.54, 1.807) is 6.07 Å². The van der Waals surface area contributed by atoms with Gasteiger partial charge < -0.3 is 10.4 Å². The van der Waals surface area contributed by atoms with Crippen LogP contribution in [0.4, 0.5) is 0 Å². The quantitative estimate of drug-likeness (QED) is 0.763. The summed E-state index contributed by atoms with van der Waals surface area (Å²) < 4.78 is 0. The summed E-state index contributed by atoms with van der Waals surface area (Å²) in [6.45, 7) is 2.09. The molecular formula is C10H13ClN2O2. The Hall–Kier alpha value is -1.13. The van der Waals surface area contributed by atoms with E-state index in [4.69, 9.17) is 11.6 Å². The number of aliphatic hydroxyl groups excluding tert-OH is 1. The van der Waals surface area contributed by atoms with Gasteiger partial charge in [-0.25, -0.2) is 4.98 Å². The molecule has 0 fully saturated rings. The van der Waals surface area contributed by atoms with E-state index in [1.165, 1.54) is 12.3 Å². The summed E-state index contributed by atoms with van der Waals surface area (Å²) >= 11 is 5.64. The summed E-state index contributed by atoms with van der Waals surface area (Å²) in [5.74, 6) is -0.258. The van der Waals surface area contributed by atoms with Gasteiger partial charge in [-0.05, 0) is 18.6 Å². The number of nitrogens with one attached hydrogen (secondary N) is 1. The van der Waals surface area contributed by atoms with Crippen LogP contribution in [0.5, 0.6) is 0 Å². The normalized spacial score (nSPS) is 12.2.